The number of ether oxygens (including phenoxy) is 2. The van der Waals surface area contributed by atoms with Crippen molar-refractivity contribution in [2.75, 3.05) is 19.5 Å². The molecule has 0 unspecified atom stereocenters. The van der Waals surface area contributed by atoms with Crippen LogP contribution in [0.15, 0.2) is 42.5 Å². The first-order valence-electron chi connectivity index (χ1n) is 7.75. The lowest BCUT2D eigenvalue weighted by Gasteiger charge is -2.14. The Hall–Kier alpha value is -2.25. The van der Waals surface area contributed by atoms with Crippen molar-refractivity contribution in [3.63, 3.8) is 0 Å². The van der Waals surface area contributed by atoms with E-state index in [1.165, 1.54) is 27.2 Å². The highest BCUT2D eigenvalue weighted by atomic mass is 35.5. The van der Waals surface area contributed by atoms with Gasteiger partial charge in [-0.1, -0.05) is 23.7 Å². The minimum Gasteiger partial charge on any atom is -0.497 e. The Balaban J connectivity index is 2.11. The number of methoxy groups -OCH3 is 2. The van der Waals surface area contributed by atoms with Gasteiger partial charge in [-0.2, -0.15) is 0 Å². The fraction of sp³-hybridized carbons (Fsp3) is 0.278. The minimum atomic E-state index is -3.71. The fourth-order valence-electron chi connectivity index (χ4n) is 2.27. The Bertz CT molecular complexity index is 898. The summed E-state index contributed by atoms with van der Waals surface area (Å²) in [7, 11) is -0.723. The van der Waals surface area contributed by atoms with Gasteiger partial charge in [0.15, 0.2) is 9.84 Å². The van der Waals surface area contributed by atoms with Crippen LogP contribution in [0.2, 0.25) is 5.02 Å². The Morgan fingerprint density at radius 1 is 1.15 bits per heavy atom. The third kappa shape index (κ3) is 4.89. The quantitative estimate of drug-likeness (QED) is 0.775. The van der Waals surface area contributed by atoms with Gasteiger partial charge in [0, 0.05) is 5.69 Å². The molecule has 1 amide bonds. The van der Waals surface area contributed by atoms with Gasteiger partial charge in [-0.15, -0.1) is 0 Å². The Morgan fingerprint density at radius 2 is 1.88 bits per heavy atom. The summed E-state index contributed by atoms with van der Waals surface area (Å²) >= 11 is 6.01. The molecular formula is C18H20ClNO5S. The number of hydrogen-bond acceptors (Lipinski definition) is 5. The van der Waals surface area contributed by atoms with Crippen molar-refractivity contribution < 1.29 is 22.7 Å². The maximum atomic E-state index is 12.6. The molecule has 0 aliphatic rings. The molecule has 0 saturated heterocycles. The highest BCUT2D eigenvalue weighted by Crippen LogP contribution is 2.27. The van der Waals surface area contributed by atoms with Gasteiger partial charge in [0.2, 0.25) is 5.91 Å². The van der Waals surface area contributed by atoms with Crippen LogP contribution in [0.1, 0.15) is 12.5 Å². The molecule has 0 aliphatic carbocycles. The number of carbonyl (C=O) groups excluding carboxylic acids is 1. The van der Waals surface area contributed by atoms with E-state index < -0.39 is 21.0 Å². The first-order valence-corrected chi connectivity index (χ1v) is 9.85. The van der Waals surface area contributed by atoms with Crippen LogP contribution >= 0.6 is 11.6 Å². The summed E-state index contributed by atoms with van der Waals surface area (Å²) in [5.74, 6) is 0.127. The van der Waals surface area contributed by atoms with E-state index in [0.717, 1.165) is 0 Å². The van der Waals surface area contributed by atoms with E-state index in [-0.39, 0.29) is 5.75 Å². The Morgan fingerprint density at radius 3 is 2.50 bits per heavy atom. The van der Waals surface area contributed by atoms with Gasteiger partial charge >= 0.3 is 0 Å². The topological polar surface area (TPSA) is 81.7 Å². The summed E-state index contributed by atoms with van der Waals surface area (Å²) < 4.78 is 35.2. The predicted octanol–water partition coefficient (Wildman–Crippen LogP) is 3.30. The number of hydrogen-bond donors (Lipinski definition) is 1. The van der Waals surface area contributed by atoms with E-state index in [1.54, 1.807) is 36.4 Å². The fourth-order valence-corrected chi connectivity index (χ4v) is 3.81. The molecule has 0 fully saturated rings. The van der Waals surface area contributed by atoms with E-state index in [1.807, 2.05) is 0 Å². The van der Waals surface area contributed by atoms with Crippen LogP contribution in [0.25, 0.3) is 0 Å². The smallest absolute Gasteiger partial charge is 0.242 e. The molecule has 1 atom stereocenters. The lowest BCUT2D eigenvalue weighted by atomic mass is 10.2. The number of sulfone groups is 1. The van der Waals surface area contributed by atoms with Gasteiger partial charge < -0.3 is 14.8 Å². The van der Waals surface area contributed by atoms with Crippen molar-refractivity contribution in [1.29, 1.82) is 0 Å². The average molecular weight is 398 g/mol. The molecule has 2 rings (SSSR count). The molecule has 0 aromatic heterocycles. The second-order valence-electron chi connectivity index (χ2n) is 5.64. The third-order valence-electron chi connectivity index (χ3n) is 3.83. The van der Waals surface area contributed by atoms with Crippen LogP contribution in [0.4, 0.5) is 5.69 Å². The lowest BCUT2D eigenvalue weighted by Crippen LogP contribution is -2.33. The number of nitrogens with one attached hydrogen (secondary N) is 1. The summed E-state index contributed by atoms with van der Waals surface area (Å²) in [6.45, 7) is 1.36. The van der Waals surface area contributed by atoms with Crippen molar-refractivity contribution >= 4 is 33.0 Å². The summed E-state index contributed by atoms with van der Waals surface area (Å²) in [5, 5.41) is 1.66. The highest BCUT2D eigenvalue weighted by Gasteiger charge is 2.28. The maximum absolute atomic E-state index is 12.6. The van der Waals surface area contributed by atoms with Crippen LogP contribution in [0, 0.1) is 0 Å². The maximum Gasteiger partial charge on any atom is 0.242 e. The standard InChI is InChI=1S/C18H20ClNO5S/c1-12(18(21)20-14-7-8-17(25-3)16(19)10-14)26(22,23)11-13-5-4-6-15(9-13)24-2/h4-10,12H,11H2,1-3H3,(H,20,21)/t12-/m0/s1. The Labute approximate surface area is 158 Å². The normalized spacial score (nSPS) is 12.3. The monoisotopic (exact) mass is 397 g/mol. The summed E-state index contributed by atoms with van der Waals surface area (Å²) in [5.41, 5.74) is 0.945. The number of benzene rings is 2. The second-order valence-corrected chi connectivity index (χ2v) is 8.37. The van der Waals surface area contributed by atoms with Gasteiger partial charge in [-0.05, 0) is 42.8 Å². The van der Waals surface area contributed by atoms with Crippen LogP contribution < -0.4 is 14.8 Å². The molecule has 2 aromatic rings. The SMILES string of the molecule is COc1cccc(CS(=O)(=O)[C@@H](C)C(=O)Nc2ccc(OC)c(Cl)c2)c1. The highest BCUT2D eigenvalue weighted by molar-refractivity contribution is 7.92. The first kappa shape index (κ1) is 20.1. The van der Waals surface area contributed by atoms with Crippen molar-refractivity contribution in [3.05, 3.63) is 53.1 Å². The number of rotatable bonds is 7. The molecule has 0 bridgehead atoms. The zero-order chi connectivity index (χ0) is 19.3. The molecule has 2 aromatic carbocycles. The van der Waals surface area contributed by atoms with Crippen LogP contribution in [0.5, 0.6) is 11.5 Å². The molecule has 0 aliphatic heterocycles. The van der Waals surface area contributed by atoms with Crippen LogP contribution in [0.3, 0.4) is 0 Å². The van der Waals surface area contributed by atoms with E-state index in [4.69, 9.17) is 21.1 Å². The van der Waals surface area contributed by atoms with Gasteiger partial charge in [0.1, 0.15) is 16.7 Å². The molecule has 6 nitrogen and oxygen atoms in total. The number of anilines is 1. The van der Waals surface area contributed by atoms with Gasteiger partial charge in [0.05, 0.1) is 25.0 Å². The largest absolute Gasteiger partial charge is 0.497 e. The van der Waals surface area contributed by atoms with Crippen LogP contribution in [-0.4, -0.2) is 33.8 Å². The third-order valence-corrected chi connectivity index (χ3v) is 6.15. The zero-order valence-electron chi connectivity index (χ0n) is 14.7. The minimum absolute atomic E-state index is 0.262. The molecule has 0 spiro atoms. The van der Waals surface area contributed by atoms with E-state index in [0.29, 0.717) is 27.8 Å². The second kappa shape index (κ2) is 8.42. The molecule has 8 heteroatoms. The molecule has 0 radical (unpaired) electrons. The average Bonchev–Trinajstić information content (AvgIpc) is 2.61. The van der Waals surface area contributed by atoms with Crippen molar-refractivity contribution in [1.82, 2.24) is 0 Å². The lowest BCUT2D eigenvalue weighted by molar-refractivity contribution is -0.115. The number of carbonyl (C=O) groups is 1. The van der Waals surface area contributed by atoms with Crippen molar-refractivity contribution in [3.8, 4) is 11.5 Å². The van der Waals surface area contributed by atoms with E-state index in [2.05, 4.69) is 5.32 Å². The molecule has 140 valence electrons. The van der Waals surface area contributed by atoms with Crippen molar-refractivity contribution in [2.45, 2.75) is 17.9 Å². The molecule has 0 heterocycles. The van der Waals surface area contributed by atoms with Crippen molar-refractivity contribution in [2.24, 2.45) is 0 Å². The first-order chi connectivity index (χ1) is 12.3. The van der Waals surface area contributed by atoms with E-state index >= 15 is 0 Å². The summed E-state index contributed by atoms with van der Waals surface area (Å²) in [6.07, 6.45) is 0. The van der Waals surface area contributed by atoms with Gasteiger partial charge in [-0.25, -0.2) is 8.42 Å². The van der Waals surface area contributed by atoms with Crippen LogP contribution in [-0.2, 0) is 20.4 Å². The van der Waals surface area contributed by atoms with Gasteiger partial charge in [0.25, 0.3) is 0 Å². The van der Waals surface area contributed by atoms with E-state index in [9.17, 15) is 13.2 Å². The molecule has 1 N–H and O–H groups in total. The summed E-state index contributed by atoms with van der Waals surface area (Å²) in [6, 6.07) is 11.4. The molecule has 0 saturated carbocycles. The number of amides is 1. The molecule has 26 heavy (non-hydrogen) atoms. The zero-order valence-corrected chi connectivity index (χ0v) is 16.2. The Kier molecular flexibility index (Phi) is 6.50. The number of halogens is 1. The predicted molar refractivity (Wildman–Crippen MR) is 102 cm³/mol. The molecular weight excluding hydrogens is 378 g/mol. The van der Waals surface area contributed by atoms with Gasteiger partial charge in [-0.3, -0.25) is 4.79 Å². The summed E-state index contributed by atoms with van der Waals surface area (Å²) in [4.78, 5) is 12.3.